The molecule has 0 amide bonds. The molecule has 0 bridgehead atoms. The lowest BCUT2D eigenvalue weighted by molar-refractivity contribution is 0.140. The van der Waals surface area contributed by atoms with Crippen molar-refractivity contribution in [3.05, 3.63) is 10.7 Å². The number of aliphatic hydroxyl groups excluding tert-OH is 1. The Bertz CT molecular complexity index is 448. The van der Waals surface area contributed by atoms with Gasteiger partial charge in [0.05, 0.1) is 10.6 Å². The molecule has 1 aliphatic rings. The molecule has 0 radical (unpaired) electrons. The summed E-state index contributed by atoms with van der Waals surface area (Å²) in [5.41, 5.74) is 0. The molecule has 22 heavy (non-hydrogen) atoms. The summed E-state index contributed by atoms with van der Waals surface area (Å²) in [6.45, 7) is 3.07. The van der Waals surface area contributed by atoms with Crippen molar-refractivity contribution in [1.29, 1.82) is 0 Å². The minimum atomic E-state index is -0.110. The molecule has 2 rings (SSSR count). The number of anilines is 2. The molecule has 1 saturated carbocycles. The third-order valence-electron chi connectivity index (χ3n) is 4.08. The Morgan fingerprint density at radius 3 is 2.68 bits per heavy atom. The monoisotopic (exact) mass is 370 g/mol. The van der Waals surface area contributed by atoms with Crippen molar-refractivity contribution >= 4 is 27.7 Å². The van der Waals surface area contributed by atoms with E-state index in [4.69, 9.17) is 0 Å². The molecule has 3 N–H and O–H groups in total. The van der Waals surface area contributed by atoms with E-state index in [0.29, 0.717) is 12.0 Å². The fraction of sp³-hybridized carbons (Fsp3) is 0.750. The van der Waals surface area contributed by atoms with E-state index in [0.717, 1.165) is 68.2 Å². The van der Waals surface area contributed by atoms with Crippen molar-refractivity contribution in [2.75, 3.05) is 17.2 Å². The highest BCUT2D eigenvalue weighted by Crippen LogP contribution is 2.25. The molecule has 1 fully saturated rings. The van der Waals surface area contributed by atoms with E-state index in [1.807, 2.05) is 0 Å². The zero-order chi connectivity index (χ0) is 15.8. The molecular formula is C16H27BrN4O. The average molecular weight is 371 g/mol. The van der Waals surface area contributed by atoms with Crippen molar-refractivity contribution in [2.24, 2.45) is 0 Å². The molecule has 1 aromatic heterocycles. The SMILES string of the molecule is CCCCNc1ncc(Br)c(N[C@H]2CCC[C@H](O)CCC2)n1. The molecule has 1 aromatic rings. The second-order valence-electron chi connectivity index (χ2n) is 6.03. The van der Waals surface area contributed by atoms with Crippen LogP contribution in [0.15, 0.2) is 10.7 Å². The Morgan fingerprint density at radius 2 is 2.00 bits per heavy atom. The minimum Gasteiger partial charge on any atom is -0.393 e. The van der Waals surface area contributed by atoms with Crippen LogP contribution in [0.5, 0.6) is 0 Å². The number of nitrogens with zero attached hydrogens (tertiary/aromatic N) is 2. The summed E-state index contributed by atoms with van der Waals surface area (Å²) in [5, 5.41) is 16.5. The van der Waals surface area contributed by atoms with Gasteiger partial charge in [-0.2, -0.15) is 4.98 Å². The number of hydrogen-bond donors (Lipinski definition) is 3. The van der Waals surface area contributed by atoms with Crippen LogP contribution < -0.4 is 10.6 Å². The predicted octanol–water partition coefficient (Wildman–Crippen LogP) is 3.95. The Hall–Kier alpha value is -0.880. The zero-order valence-electron chi connectivity index (χ0n) is 13.3. The summed E-state index contributed by atoms with van der Waals surface area (Å²) in [4.78, 5) is 8.88. The van der Waals surface area contributed by atoms with Crippen molar-refractivity contribution in [2.45, 2.75) is 70.4 Å². The van der Waals surface area contributed by atoms with Crippen molar-refractivity contribution in [3.8, 4) is 0 Å². The maximum atomic E-state index is 9.72. The molecule has 6 heteroatoms. The van der Waals surface area contributed by atoms with Crippen molar-refractivity contribution in [3.63, 3.8) is 0 Å². The summed E-state index contributed by atoms with van der Waals surface area (Å²) >= 11 is 3.53. The van der Waals surface area contributed by atoms with Crippen LogP contribution in [0.2, 0.25) is 0 Å². The van der Waals surface area contributed by atoms with Gasteiger partial charge in [0.25, 0.3) is 0 Å². The third-order valence-corrected chi connectivity index (χ3v) is 4.66. The average Bonchev–Trinajstić information content (AvgIpc) is 2.48. The summed E-state index contributed by atoms with van der Waals surface area (Å²) < 4.78 is 0.899. The lowest BCUT2D eigenvalue weighted by Gasteiger charge is -2.24. The molecule has 0 spiro atoms. The Morgan fingerprint density at radius 1 is 1.27 bits per heavy atom. The van der Waals surface area contributed by atoms with Crippen molar-refractivity contribution < 1.29 is 5.11 Å². The maximum absolute atomic E-state index is 9.72. The highest BCUT2D eigenvalue weighted by molar-refractivity contribution is 9.10. The van der Waals surface area contributed by atoms with Gasteiger partial charge in [0.2, 0.25) is 5.95 Å². The van der Waals surface area contributed by atoms with E-state index in [1.165, 1.54) is 0 Å². The molecule has 0 aromatic carbocycles. The summed E-state index contributed by atoms with van der Waals surface area (Å²) in [7, 11) is 0. The molecule has 124 valence electrons. The van der Waals surface area contributed by atoms with Gasteiger partial charge in [0.15, 0.2) is 0 Å². The lowest BCUT2D eigenvalue weighted by Crippen LogP contribution is -2.24. The van der Waals surface area contributed by atoms with Gasteiger partial charge < -0.3 is 15.7 Å². The first-order valence-corrected chi connectivity index (χ1v) is 9.19. The normalized spacial score (nSPS) is 22.7. The van der Waals surface area contributed by atoms with Crippen LogP contribution in [0.1, 0.15) is 58.3 Å². The smallest absolute Gasteiger partial charge is 0.224 e. The standard InChI is InChI=1S/C16H27BrN4O/c1-2-3-10-18-16-19-11-14(17)15(21-16)20-12-6-4-8-13(22)9-5-7-12/h11-13,22H,2-10H2,1H3,(H2,18,19,20,21)/t12-,13-. The van der Waals surface area contributed by atoms with E-state index in [-0.39, 0.29) is 6.10 Å². The first-order chi connectivity index (χ1) is 10.7. The van der Waals surface area contributed by atoms with Crippen LogP contribution in [0, 0.1) is 0 Å². The van der Waals surface area contributed by atoms with Gasteiger partial charge in [-0.25, -0.2) is 4.98 Å². The van der Waals surface area contributed by atoms with Crippen LogP contribution in [-0.4, -0.2) is 33.8 Å². The molecule has 5 nitrogen and oxygen atoms in total. The van der Waals surface area contributed by atoms with E-state index in [2.05, 4.69) is 43.5 Å². The molecule has 0 atom stereocenters. The Balaban J connectivity index is 1.93. The van der Waals surface area contributed by atoms with Gasteiger partial charge in [-0.15, -0.1) is 0 Å². The molecule has 0 saturated heterocycles. The van der Waals surface area contributed by atoms with Crippen LogP contribution in [0.4, 0.5) is 11.8 Å². The maximum Gasteiger partial charge on any atom is 0.224 e. The topological polar surface area (TPSA) is 70.1 Å². The van der Waals surface area contributed by atoms with Gasteiger partial charge in [0, 0.05) is 18.8 Å². The molecule has 1 heterocycles. The summed E-state index contributed by atoms with van der Waals surface area (Å²) in [6.07, 6.45) is 10.1. The van der Waals surface area contributed by atoms with Gasteiger partial charge in [0.1, 0.15) is 5.82 Å². The Labute approximate surface area is 141 Å². The summed E-state index contributed by atoms with van der Waals surface area (Å²) in [6, 6.07) is 0.419. The number of unbranched alkanes of at least 4 members (excludes halogenated alkanes) is 1. The number of nitrogens with one attached hydrogen (secondary N) is 2. The van der Waals surface area contributed by atoms with Crippen LogP contribution in [0.25, 0.3) is 0 Å². The number of halogens is 1. The largest absolute Gasteiger partial charge is 0.393 e. The van der Waals surface area contributed by atoms with Crippen LogP contribution in [-0.2, 0) is 0 Å². The van der Waals surface area contributed by atoms with E-state index in [9.17, 15) is 5.11 Å². The highest BCUT2D eigenvalue weighted by Gasteiger charge is 2.17. The quantitative estimate of drug-likeness (QED) is 0.661. The number of aromatic nitrogens is 2. The molecular weight excluding hydrogens is 344 g/mol. The van der Waals surface area contributed by atoms with Gasteiger partial charge >= 0.3 is 0 Å². The number of rotatable bonds is 6. The first-order valence-electron chi connectivity index (χ1n) is 8.40. The fourth-order valence-corrected chi connectivity index (χ4v) is 3.06. The molecule has 1 aliphatic carbocycles. The second-order valence-corrected chi connectivity index (χ2v) is 6.88. The van der Waals surface area contributed by atoms with E-state index in [1.54, 1.807) is 6.20 Å². The highest BCUT2D eigenvalue weighted by atomic mass is 79.9. The number of hydrogen-bond acceptors (Lipinski definition) is 5. The van der Waals surface area contributed by atoms with Gasteiger partial charge in [-0.05, 0) is 60.9 Å². The van der Waals surface area contributed by atoms with Gasteiger partial charge in [-0.3, -0.25) is 0 Å². The molecule has 0 aliphatic heterocycles. The minimum absolute atomic E-state index is 0.110. The fourth-order valence-electron chi connectivity index (χ4n) is 2.76. The van der Waals surface area contributed by atoms with Gasteiger partial charge in [-0.1, -0.05) is 13.3 Å². The predicted molar refractivity (Wildman–Crippen MR) is 94.2 cm³/mol. The second kappa shape index (κ2) is 9.30. The van der Waals surface area contributed by atoms with E-state index >= 15 is 0 Å². The number of aliphatic hydroxyl groups is 1. The third kappa shape index (κ3) is 5.72. The first kappa shape index (κ1) is 17.5. The zero-order valence-corrected chi connectivity index (χ0v) is 14.9. The van der Waals surface area contributed by atoms with E-state index < -0.39 is 0 Å². The summed E-state index contributed by atoms with van der Waals surface area (Å²) in [5.74, 6) is 1.54. The van der Waals surface area contributed by atoms with Crippen LogP contribution in [0.3, 0.4) is 0 Å². The lowest BCUT2D eigenvalue weighted by atomic mass is 9.95. The molecule has 0 unspecified atom stereocenters. The Kier molecular flexibility index (Phi) is 7.39. The van der Waals surface area contributed by atoms with Crippen LogP contribution >= 0.6 is 15.9 Å². The van der Waals surface area contributed by atoms with Crippen molar-refractivity contribution in [1.82, 2.24) is 9.97 Å².